The summed E-state index contributed by atoms with van der Waals surface area (Å²) in [5.74, 6) is 2.09. The predicted octanol–water partition coefficient (Wildman–Crippen LogP) is 2.72. The molecule has 7 heteroatoms. The molecule has 4 rings (SSSR count). The predicted molar refractivity (Wildman–Crippen MR) is 96.1 cm³/mol. The van der Waals surface area contributed by atoms with Gasteiger partial charge in [-0.05, 0) is 31.4 Å². The van der Waals surface area contributed by atoms with Crippen LogP contribution in [0.3, 0.4) is 0 Å². The molecule has 0 saturated carbocycles. The van der Waals surface area contributed by atoms with Crippen LogP contribution in [0.4, 0.5) is 5.69 Å². The molecule has 25 heavy (non-hydrogen) atoms. The largest absolute Gasteiger partial charge is 0.379 e. The molecule has 7 nitrogen and oxygen atoms in total. The highest BCUT2D eigenvalue weighted by Gasteiger charge is 2.16. The first kappa shape index (κ1) is 15.8. The fourth-order valence-electron chi connectivity index (χ4n) is 3.31. The van der Waals surface area contributed by atoms with Crippen LogP contribution in [0.2, 0.25) is 0 Å². The van der Waals surface area contributed by atoms with E-state index in [-0.39, 0.29) is 0 Å². The first-order valence-electron chi connectivity index (χ1n) is 8.83. The first-order chi connectivity index (χ1) is 12.2. The lowest BCUT2D eigenvalue weighted by atomic mass is 10.1. The summed E-state index contributed by atoms with van der Waals surface area (Å²) in [5, 5.41) is 20.3. The van der Waals surface area contributed by atoms with Crippen LogP contribution in [0, 0.1) is 6.92 Å². The van der Waals surface area contributed by atoms with Gasteiger partial charge in [-0.2, -0.15) is 0 Å². The van der Waals surface area contributed by atoms with Crippen LogP contribution in [0.5, 0.6) is 0 Å². The molecule has 3 heterocycles. The van der Waals surface area contributed by atoms with Crippen LogP contribution < -0.4 is 5.32 Å². The van der Waals surface area contributed by atoms with Gasteiger partial charge in [-0.3, -0.25) is 4.68 Å². The Labute approximate surface area is 147 Å². The molecule has 0 saturated heterocycles. The highest BCUT2D eigenvalue weighted by molar-refractivity contribution is 5.65. The third-order valence-corrected chi connectivity index (χ3v) is 4.87. The van der Waals surface area contributed by atoms with Crippen molar-refractivity contribution >= 4 is 5.69 Å². The molecule has 1 aromatic carbocycles. The van der Waals surface area contributed by atoms with Crippen LogP contribution in [0.25, 0.3) is 11.4 Å². The van der Waals surface area contributed by atoms with Crippen molar-refractivity contribution in [2.75, 3.05) is 5.32 Å². The smallest absolute Gasteiger partial charge is 0.164 e. The Morgan fingerprint density at radius 3 is 2.92 bits per heavy atom. The van der Waals surface area contributed by atoms with E-state index in [2.05, 4.69) is 55.5 Å². The second-order valence-corrected chi connectivity index (χ2v) is 6.63. The Morgan fingerprint density at radius 2 is 2.08 bits per heavy atom. The lowest BCUT2D eigenvalue weighted by Gasteiger charge is -2.12. The van der Waals surface area contributed by atoms with E-state index in [4.69, 9.17) is 0 Å². The Kier molecular flexibility index (Phi) is 4.21. The molecule has 0 fully saturated rings. The molecule has 0 bridgehead atoms. The maximum Gasteiger partial charge on any atom is 0.164 e. The van der Waals surface area contributed by atoms with Crippen LogP contribution in [0.15, 0.2) is 24.4 Å². The van der Waals surface area contributed by atoms with Gasteiger partial charge in [0.1, 0.15) is 5.82 Å². The Bertz CT molecular complexity index is 877. The summed E-state index contributed by atoms with van der Waals surface area (Å²) in [6.07, 6.45) is 6.48. The molecule has 0 amide bonds. The topological polar surface area (TPSA) is 73.5 Å². The second-order valence-electron chi connectivity index (χ2n) is 6.63. The molecule has 1 aliphatic heterocycles. The molecule has 1 N–H and O–H groups in total. The van der Waals surface area contributed by atoms with Crippen LogP contribution in [-0.4, -0.2) is 29.8 Å². The number of benzene rings is 1. The van der Waals surface area contributed by atoms with Gasteiger partial charge in [0.05, 0.1) is 18.4 Å². The summed E-state index contributed by atoms with van der Waals surface area (Å²) >= 11 is 0. The standard InChI is InChI=1S/C18H23N7/c1-13-7-8-14(10-16(13)19-11-15-12-20-23-24(15)2)18-22-21-17-6-4-3-5-9-25(17)18/h7-8,10,12,19H,3-6,9,11H2,1-2H3. The summed E-state index contributed by atoms with van der Waals surface area (Å²) in [4.78, 5) is 0. The number of rotatable bonds is 4. The summed E-state index contributed by atoms with van der Waals surface area (Å²) in [5.41, 5.74) is 4.46. The lowest BCUT2D eigenvalue weighted by Crippen LogP contribution is -2.07. The van der Waals surface area contributed by atoms with E-state index in [1.807, 2.05) is 7.05 Å². The van der Waals surface area contributed by atoms with Gasteiger partial charge in [0.2, 0.25) is 0 Å². The number of nitrogens with zero attached hydrogens (tertiary/aromatic N) is 6. The third kappa shape index (κ3) is 3.14. The second kappa shape index (κ2) is 6.66. The molecule has 3 aromatic rings. The Balaban J connectivity index is 1.61. The van der Waals surface area contributed by atoms with Gasteiger partial charge in [0, 0.05) is 31.3 Å². The molecular weight excluding hydrogens is 314 g/mol. The van der Waals surface area contributed by atoms with Gasteiger partial charge in [0.25, 0.3) is 0 Å². The summed E-state index contributed by atoms with van der Waals surface area (Å²) in [7, 11) is 1.90. The monoisotopic (exact) mass is 337 g/mol. The van der Waals surface area contributed by atoms with Gasteiger partial charge in [-0.25, -0.2) is 0 Å². The molecule has 1 aliphatic rings. The van der Waals surface area contributed by atoms with Crippen LogP contribution in [0.1, 0.15) is 36.3 Å². The van der Waals surface area contributed by atoms with Crippen molar-refractivity contribution in [1.82, 2.24) is 29.8 Å². The number of fused-ring (bicyclic) bond motifs is 1. The normalized spacial score (nSPS) is 14.2. The van der Waals surface area contributed by atoms with Crippen molar-refractivity contribution in [1.29, 1.82) is 0 Å². The van der Waals surface area contributed by atoms with Gasteiger partial charge in [0.15, 0.2) is 5.82 Å². The summed E-state index contributed by atoms with van der Waals surface area (Å²) < 4.78 is 4.07. The van der Waals surface area contributed by atoms with E-state index < -0.39 is 0 Å². The molecule has 0 spiro atoms. The van der Waals surface area contributed by atoms with E-state index in [1.165, 1.54) is 24.8 Å². The van der Waals surface area contributed by atoms with Crippen LogP contribution >= 0.6 is 0 Å². The van der Waals surface area contributed by atoms with Gasteiger partial charge < -0.3 is 9.88 Å². The van der Waals surface area contributed by atoms with Crippen molar-refractivity contribution in [3.8, 4) is 11.4 Å². The quantitative estimate of drug-likeness (QED) is 0.792. The lowest BCUT2D eigenvalue weighted by molar-refractivity contribution is 0.636. The SMILES string of the molecule is Cc1ccc(-c2nnc3n2CCCCC3)cc1NCc1cnnn1C. The minimum atomic E-state index is 0.686. The number of aryl methyl sites for hydroxylation is 3. The zero-order valence-electron chi connectivity index (χ0n) is 14.7. The number of hydrogen-bond acceptors (Lipinski definition) is 5. The fourth-order valence-corrected chi connectivity index (χ4v) is 3.31. The highest BCUT2D eigenvalue weighted by atomic mass is 15.4. The van der Waals surface area contributed by atoms with E-state index in [0.29, 0.717) is 6.54 Å². The molecule has 2 aromatic heterocycles. The summed E-state index contributed by atoms with van der Waals surface area (Å²) in [6.45, 7) is 3.80. The average Bonchev–Trinajstić information content (AvgIpc) is 3.13. The number of anilines is 1. The number of nitrogens with one attached hydrogen (secondary N) is 1. The van der Waals surface area contributed by atoms with Gasteiger partial charge in [-0.1, -0.05) is 23.8 Å². The van der Waals surface area contributed by atoms with Crippen molar-refractivity contribution in [2.24, 2.45) is 7.05 Å². The number of hydrogen-bond donors (Lipinski definition) is 1. The molecule has 0 aliphatic carbocycles. The summed E-state index contributed by atoms with van der Waals surface area (Å²) in [6, 6.07) is 6.44. The molecule has 130 valence electrons. The maximum atomic E-state index is 4.47. The Hall–Kier alpha value is -2.70. The molecule has 0 atom stereocenters. The van der Waals surface area contributed by atoms with E-state index in [1.54, 1.807) is 10.9 Å². The fraction of sp³-hybridized carbons (Fsp3) is 0.444. The number of aromatic nitrogens is 6. The van der Waals surface area contributed by atoms with E-state index in [0.717, 1.165) is 41.6 Å². The van der Waals surface area contributed by atoms with Crippen LogP contribution in [-0.2, 0) is 26.6 Å². The molecule has 0 radical (unpaired) electrons. The Morgan fingerprint density at radius 1 is 1.16 bits per heavy atom. The van der Waals surface area contributed by atoms with Crippen molar-refractivity contribution in [2.45, 2.75) is 45.7 Å². The zero-order valence-corrected chi connectivity index (χ0v) is 14.7. The molecular formula is C18H23N7. The zero-order chi connectivity index (χ0) is 17.2. The van der Waals surface area contributed by atoms with Gasteiger partial charge >= 0.3 is 0 Å². The molecule has 0 unspecified atom stereocenters. The minimum Gasteiger partial charge on any atom is -0.379 e. The first-order valence-corrected chi connectivity index (χ1v) is 8.83. The van der Waals surface area contributed by atoms with Crippen molar-refractivity contribution in [3.05, 3.63) is 41.5 Å². The average molecular weight is 337 g/mol. The van der Waals surface area contributed by atoms with E-state index in [9.17, 15) is 0 Å². The van der Waals surface area contributed by atoms with Gasteiger partial charge in [-0.15, -0.1) is 15.3 Å². The van der Waals surface area contributed by atoms with Crippen molar-refractivity contribution < 1.29 is 0 Å². The van der Waals surface area contributed by atoms with Crippen molar-refractivity contribution in [3.63, 3.8) is 0 Å². The minimum absolute atomic E-state index is 0.686. The highest BCUT2D eigenvalue weighted by Crippen LogP contribution is 2.27. The third-order valence-electron chi connectivity index (χ3n) is 4.87. The maximum absolute atomic E-state index is 4.47. The van der Waals surface area contributed by atoms with E-state index >= 15 is 0 Å².